The molecule has 0 spiro atoms. The van der Waals surface area contributed by atoms with Crippen molar-refractivity contribution in [3.63, 3.8) is 0 Å². The molecule has 1 N–H and O–H groups in total. The van der Waals surface area contributed by atoms with Gasteiger partial charge in [0, 0.05) is 49.8 Å². The minimum absolute atomic E-state index is 0.242. The number of piperazine rings is 1. The van der Waals surface area contributed by atoms with Crippen LogP contribution in [0.25, 0.3) is 10.6 Å². The summed E-state index contributed by atoms with van der Waals surface area (Å²) in [6.07, 6.45) is 2.58. The van der Waals surface area contributed by atoms with E-state index in [0.29, 0.717) is 11.5 Å². The lowest BCUT2D eigenvalue weighted by Gasteiger charge is -2.37. The third-order valence-electron chi connectivity index (χ3n) is 4.94. The summed E-state index contributed by atoms with van der Waals surface area (Å²) in [6.45, 7) is 4.93. The van der Waals surface area contributed by atoms with Gasteiger partial charge in [-0.15, -0.1) is 11.3 Å². The van der Waals surface area contributed by atoms with Crippen LogP contribution in [0.1, 0.15) is 11.3 Å². The second-order valence-electron chi connectivity index (χ2n) is 6.61. The van der Waals surface area contributed by atoms with Gasteiger partial charge in [0.15, 0.2) is 9.84 Å². The molecule has 4 heterocycles. The molecule has 2 saturated heterocycles. The van der Waals surface area contributed by atoms with E-state index >= 15 is 0 Å². The average molecular weight is 367 g/mol. The molecule has 0 bridgehead atoms. The van der Waals surface area contributed by atoms with E-state index in [-0.39, 0.29) is 6.04 Å². The summed E-state index contributed by atoms with van der Waals surface area (Å²) in [7, 11) is -2.79. The van der Waals surface area contributed by atoms with Crippen LogP contribution < -0.4 is 0 Å². The van der Waals surface area contributed by atoms with Gasteiger partial charge in [0.25, 0.3) is 0 Å². The number of nitrogens with one attached hydrogen (secondary N) is 1. The number of rotatable bonds is 4. The van der Waals surface area contributed by atoms with E-state index in [1.54, 1.807) is 17.5 Å². The van der Waals surface area contributed by atoms with Gasteiger partial charge in [-0.25, -0.2) is 8.42 Å². The van der Waals surface area contributed by atoms with Gasteiger partial charge < -0.3 is 0 Å². The van der Waals surface area contributed by atoms with E-state index in [1.807, 2.05) is 6.07 Å². The summed E-state index contributed by atoms with van der Waals surface area (Å²) in [6, 6.07) is 6.57. The zero-order chi connectivity index (χ0) is 16.6. The summed E-state index contributed by atoms with van der Waals surface area (Å²) >= 11 is 1.80. The zero-order valence-corrected chi connectivity index (χ0v) is 15.2. The monoisotopic (exact) mass is 366 g/mol. The number of aromatic amines is 1. The molecular formula is C16H22N4O2S2. The van der Waals surface area contributed by atoms with E-state index < -0.39 is 9.84 Å². The Morgan fingerprint density at radius 2 is 2.04 bits per heavy atom. The molecule has 1 unspecified atom stereocenters. The summed E-state index contributed by atoms with van der Waals surface area (Å²) in [5.41, 5.74) is 1.07. The van der Waals surface area contributed by atoms with Crippen LogP contribution in [0.2, 0.25) is 0 Å². The van der Waals surface area contributed by atoms with Gasteiger partial charge in [-0.2, -0.15) is 5.10 Å². The number of hydrogen-bond donors (Lipinski definition) is 1. The van der Waals surface area contributed by atoms with Crippen LogP contribution in [-0.2, 0) is 16.4 Å². The number of aromatic nitrogens is 2. The second kappa shape index (κ2) is 6.59. The lowest BCUT2D eigenvalue weighted by Crippen LogP contribution is -2.50. The highest BCUT2D eigenvalue weighted by atomic mass is 32.2. The van der Waals surface area contributed by atoms with E-state index in [2.05, 4.69) is 32.1 Å². The Kier molecular flexibility index (Phi) is 4.46. The summed E-state index contributed by atoms with van der Waals surface area (Å²) in [4.78, 5) is 7.40. The van der Waals surface area contributed by atoms with Crippen LogP contribution in [0.3, 0.4) is 0 Å². The number of nitrogens with zero attached hydrogens (tertiary/aromatic N) is 3. The minimum Gasteiger partial charge on any atom is -0.297 e. The minimum atomic E-state index is -2.79. The first kappa shape index (κ1) is 16.3. The van der Waals surface area contributed by atoms with Gasteiger partial charge in [-0.3, -0.25) is 14.9 Å². The standard InChI is InChI=1S/C16H22N4O2S2/c21-24(22)10-4-13(12-24)20-8-6-19(7-9-20)11-14-1-2-16(23-14)15-3-5-17-18-15/h1-3,5,13H,4,6-12H2,(H,17,18). The molecule has 1 atom stereocenters. The van der Waals surface area contributed by atoms with Crippen molar-refractivity contribution in [3.05, 3.63) is 29.3 Å². The maximum Gasteiger partial charge on any atom is 0.151 e. The number of sulfone groups is 1. The summed E-state index contributed by atoms with van der Waals surface area (Å²) in [5, 5.41) is 7.01. The van der Waals surface area contributed by atoms with Gasteiger partial charge in [0.2, 0.25) is 0 Å². The van der Waals surface area contributed by atoms with Crippen molar-refractivity contribution in [1.82, 2.24) is 20.0 Å². The van der Waals surface area contributed by atoms with Crippen molar-refractivity contribution < 1.29 is 8.42 Å². The molecule has 0 saturated carbocycles. The average Bonchev–Trinajstić information content (AvgIpc) is 3.28. The fourth-order valence-corrected chi connectivity index (χ4v) is 6.36. The predicted octanol–water partition coefficient (Wildman–Crippen LogP) is 1.44. The van der Waals surface area contributed by atoms with E-state index in [0.717, 1.165) is 44.8 Å². The molecule has 2 aliphatic heterocycles. The highest BCUT2D eigenvalue weighted by Crippen LogP contribution is 2.27. The smallest absolute Gasteiger partial charge is 0.151 e. The quantitative estimate of drug-likeness (QED) is 0.887. The van der Waals surface area contributed by atoms with Crippen LogP contribution in [0, 0.1) is 0 Å². The Balaban J connectivity index is 1.31. The molecule has 6 nitrogen and oxygen atoms in total. The third-order valence-corrected chi connectivity index (χ3v) is 7.79. The normalized spacial score (nSPS) is 25.2. The molecule has 8 heteroatoms. The van der Waals surface area contributed by atoms with Crippen molar-refractivity contribution in [1.29, 1.82) is 0 Å². The first-order valence-electron chi connectivity index (χ1n) is 8.34. The predicted molar refractivity (Wildman–Crippen MR) is 95.8 cm³/mol. The molecule has 2 aromatic heterocycles. The maximum atomic E-state index is 11.6. The third kappa shape index (κ3) is 3.56. The fourth-order valence-electron chi connectivity index (χ4n) is 3.57. The van der Waals surface area contributed by atoms with E-state index in [1.165, 1.54) is 9.75 Å². The Hall–Kier alpha value is -1.22. The molecule has 2 aliphatic rings. The zero-order valence-electron chi connectivity index (χ0n) is 13.5. The van der Waals surface area contributed by atoms with Crippen LogP contribution in [0.4, 0.5) is 0 Å². The van der Waals surface area contributed by atoms with Gasteiger partial charge >= 0.3 is 0 Å². The molecule has 4 rings (SSSR count). The Bertz CT molecular complexity index is 777. The number of H-pyrrole nitrogens is 1. The SMILES string of the molecule is O=S1(=O)CCC(N2CCN(Cc3ccc(-c4ccn[nH]4)s3)CC2)C1. The lowest BCUT2D eigenvalue weighted by atomic mass is 10.2. The van der Waals surface area contributed by atoms with Crippen molar-refractivity contribution in [2.75, 3.05) is 37.7 Å². The molecule has 130 valence electrons. The van der Waals surface area contributed by atoms with Gasteiger partial charge in [0.05, 0.1) is 22.1 Å². The molecular weight excluding hydrogens is 344 g/mol. The molecule has 0 aliphatic carbocycles. The maximum absolute atomic E-state index is 11.6. The van der Waals surface area contributed by atoms with Crippen molar-refractivity contribution in [3.8, 4) is 10.6 Å². The Morgan fingerprint density at radius 1 is 1.21 bits per heavy atom. The Morgan fingerprint density at radius 3 is 2.71 bits per heavy atom. The number of thiophene rings is 1. The first-order valence-corrected chi connectivity index (χ1v) is 11.0. The first-order chi connectivity index (χ1) is 11.6. The van der Waals surface area contributed by atoms with Gasteiger partial charge in [-0.1, -0.05) is 0 Å². The van der Waals surface area contributed by atoms with Gasteiger partial charge in [0.1, 0.15) is 0 Å². The van der Waals surface area contributed by atoms with Crippen LogP contribution >= 0.6 is 11.3 Å². The molecule has 0 amide bonds. The molecule has 0 radical (unpaired) electrons. The van der Waals surface area contributed by atoms with Crippen molar-refractivity contribution in [2.24, 2.45) is 0 Å². The number of hydrogen-bond acceptors (Lipinski definition) is 6. The van der Waals surface area contributed by atoms with Crippen LogP contribution in [0.5, 0.6) is 0 Å². The van der Waals surface area contributed by atoms with E-state index in [9.17, 15) is 8.42 Å². The molecule has 0 aromatic carbocycles. The fraction of sp³-hybridized carbons (Fsp3) is 0.562. The van der Waals surface area contributed by atoms with Crippen LogP contribution in [-0.4, -0.2) is 72.1 Å². The highest BCUT2D eigenvalue weighted by Gasteiger charge is 2.33. The Labute approximate surface area is 146 Å². The lowest BCUT2D eigenvalue weighted by molar-refractivity contribution is 0.101. The van der Waals surface area contributed by atoms with Crippen LogP contribution in [0.15, 0.2) is 24.4 Å². The molecule has 24 heavy (non-hydrogen) atoms. The largest absolute Gasteiger partial charge is 0.297 e. The second-order valence-corrected chi connectivity index (χ2v) is 10.0. The van der Waals surface area contributed by atoms with Gasteiger partial charge in [-0.05, 0) is 24.6 Å². The van der Waals surface area contributed by atoms with E-state index in [4.69, 9.17) is 0 Å². The molecule has 2 fully saturated rings. The summed E-state index contributed by atoms with van der Waals surface area (Å²) < 4.78 is 23.3. The topological polar surface area (TPSA) is 69.3 Å². The molecule has 2 aromatic rings. The summed E-state index contributed by atoms with van der Waals surface area (Å²) in [5.74, 6) is 0.717. The van der Waals surface area contributed by atoms with Crippen molar-refractivity contribution >= 4 is 21.2 Å². The highest BCUT2D eigenvalue weighted by molar-refractivity contribution is 7.91. The van der Waals surface area contributed by atoms with Crippen molar-refractivity contribution in [2.45, 2.75) is 19.0 Å².